The van der Waals surface area contributed by atoms with E-state index < -0.39 is 7.80 Å². The van der Waals surface area contributed by atoms with E-state index in [4.69, 9.17) is 0 Å². The molecular formula is C21H27O2P. The predicted molar refractivity (Wildman–Crippen MR) is 104 cm³/mol. The van der Waals surface area contributed by atoms with E-state index >= 15 is 0 Å². The van der Waals surface area contributed by atoms with Crippen molar-refractivity contribution in [3.63, 3.8) is 0 Å². The number of ketones is 1. The molecule has 0 aliphatic carbocycles. The summed E-state index contributed by atoms with van der Waals surface area (Å²) in [6.45, 7) is 12.1. The number of hydrogen-bond donors (Lipinski definition) is 0. The fraction of sp³-hybridized carbons (Fsp3) is 0.381. The maximum Gasteiger partial charge on any atom is 0.194 e. The minimum atomic E-state index is -1.99. The second-order valence-electron chi connectivity index (χ2n) is 6.68. The fourth-order valence-corrected chi connectivity index (χ4v) is 4.74. The molecule has 0 spiro atoms. The van der Waals surface area contributed by atoms with Gasteiger partial charge in [0.2, 0.25) is 0 Å². The van der Waals surface area contributed by atoms with E-state index in [1.165, 1.54) is 5.56 Å². The van der Waals surface area contributed by atoms with Crippen LogP contribution in [0.15, 0.2) is 30.3 Å². The summed E-state index contributed by atoms with van der Waals surface area (Å²) in [4.78, 5) is 13.3. The van der Waals surface area contributed by atoms with Crippen LogP contribution in [0, 0.1) is 27.7 Å². The van der Waals surface area contributed by atoms with E-state index in [0.29, 0.717) is 5.56 Å². The second kappa shape index (κ2) is 7.49. The maximum atomic E-state index is 13.3. The molecule has 24 heavy (non-hydrogen) atoms. The Hall–Kier alpha value is -1.66. The molecule has 0 aromatic heterocycles. The third-order valence-corrected chi connectivity index (χ3v) is 7.35. The van der Waals surface area contributed by atoms with Gasteiger partial charge in [-0.05, 0) is 56.4 Å². The highest BCUT2D eigenvalue weighted by molar-refractivity contribution is 7.54. The summed E-state index contributed by atoms with van der Waals surface area (Å²) < 4.78 is 12.9. The minimum Gasteiger partial charge on any atom is -0.322 e. The van der Waals surface area contributed by atoms with Crippen molar-refractivity contribution in [2.45, 2.75) is 53.6 Å². The summed E-state index contributed by atoms with van der Waals surface area (Å²) in [5, 5.41) is 0.721. The van der Waals surface area contributed by atoms with Crippen molar-refractivity contribution >= 4 is 18.9 Å². The Morgan fingerprint density at radius 2 is 1.67 bits per heavy atom. The third kappa shape index (κ3) is 3.39. The van der Waals surface area contributed by atoms with E-state index in [2.05, 4.69) is 19.9 Å². The number of aryl methyl sites for hydroxylation is 2. The number of rotatable bonds is 5. The lowest BCUT2D eigenvalue weighted by molar-refractivity contribution is 0.103. The van der Waals surface area contributed by atoms with Crippen LogP contribution in [0.4, 0.5) is 0 Å². The van der Waals surface area contributed by atoms with Crippen LogP contribution in [-0.4, -0.2) is 11.4 Å². The Kier molecular flexibility index (Phi) is 5.83. The zero-order valence-electron chi connectivity index (χ0n) is 15.5. The van der Waals surface area contributed by atoms with Crippen LogP contribution in [0.25, 0.3) is 0 Å². The van der Waals surface area contributed by atoms with Crippen LogP contribution in [-0.2, 0) is 4.57 Å². The van der Waals surface area contributed by atoms with Crippen LogP contribution in [0.2, 0.25) is 0 Å². The first-order chi connectivity index (χ1) is 11.3. The van der Waals surface area contributed by atoms with E-state index in [9.17, 15) is 9.36 Å². The molecule has 0 amide bonds. The van der Waals surface area contributed by atoms with Gasteiger partial charge in [-0.1, -0.05) is 44.2 Å². The summed E-state index contributed by atoms with van der Waals surface area (Å²) in [6, 6.07) is 9.46. The lowest BCUT2D eigenvalue weighted by Crippen LogP contribution is -2.18. The topological polar surface area (TPSA) is 34.1 Å². The van der Waals surface area contributed by atoms with Crippen LogP contribution < -0.4 is 5.30 Å². The molecular weight excluding hydrogens is 315 g/mol. The Labute approximate surface area is 146 Å². The molecule has 2 aromatic rings. The van der Waals surface area contributed by atoms with E-state index in [1.807, 2.05) is 52.0 Å². The molecule has 0 fully saturated rings. The normalized spacial score (nSPS) is 13.6. The van der Waals surface area contributed by atoms with Gasteiger partial charge in [0, 0.05) is 22.1 Å². The lowest BCUT2D eigenvalue weighted by Gasteiger charge is -2.17. The van der Waals surface area contributed by atoms with Gasteiger partial charge in [0.1, 0.15) is 7.80 Å². The largest absolute Gasteiger partial charge is 0.322 e. The summed E-state index contributed by atoms with van der Waals surface area (Å²) >= 11 is 0. The van der Waals surface area contributed by atoms with Crippen molar-refractivity contribution in [3.05, 3.63) is 63.7 Å². The smallest absolute Gasteiger partial charge is 0.194 e. The Morgan fingerprint density at radius 3 is 2.29 bits per heavy atom. The monoisotopic (exact) mass is 342 g/mol. The molecule has 0 saturated heterocycles. The summed E-state index contributed by atoms with van der Waals surface area (Å²) in [6.07, 6.45) is 0.849. The number of benzene rings is 2. The zero-order chi connectivity index (χ0) is 18.0. The van der Waals surface area contributed by atoms with Crippen molar-refractivity contribution in [3.8, 4) is 0 Å². The molecule has 0 heterocycles. The number of carbonyl (C=O) groups is 1. The molecule has 2 rings (SSSR count). The van der Waals surface area contributed by atoms with Gasteiger partial charge in [-0.3, -0.25) is 4.79 Å². The average molecular weight is 342 g/mol. The maximum absolute atomic E-state index is 13.3. The van der Waals surface area contributed by atoms with Crippen LogP contribution >= 0.6 is 7.80 Å². The highest BCUT2D eigenvalue weighted by Gasteiger charge is 2.23. The van der Waals surface area contributed by atoms with Gasteiger partial charge in [-0.15, -0.1) is 0 Å². The van der Waals surface area contributed by atoms with Gasteiger partial charge in [0.25, 0.3) is 0 Å². The molecule has 0 saturated carbocycles. The molecule has 2 atom stereocenters. The highest BCUT2D eigenvalue weighted by Crippen LogP contribution is 2.32. The SMILES string of the molecule is CCC(C)[PH](=O)c1ccccc1C(=O)c1c(C)cc(C)c(C)c1C. The third-order valence-electron chi connectivity index (χ3n) is 5.08. The average Bonchev–Trinajstić information content (AvgIpc) is 2.58. The number of carbonyl (C=O) groups excluding carboxylic acids is 1. The van der Waals surface area contributed by atoms with Crippen molar-refractivity contribution in [1.29, 1.82) is 0 Å². The molecule has 0 N–H and O–H groups in total. The highest BCUT2D eigenvalue weighted by atomic mass is 31.1. The lowest BCUT2D eigenvalue weighted by atomic mass is 9.89. The zero-order valence-corrected chi connectivity index (χ0v) is 16.5. The number of hydrogen-bond acceptors (Lipinski definition) is 2. The van der Waals surface area contributed by atoms with Gasteiger partial charge < -0.3 is 4.57 Å². The Bertz CT molecular complexity index is 806. The van der Waals surface area contributed by atoms with E-state index in [-0.39, 0.29) is 11.4 Å². The van der Waals surface area contributed by atoms with Gasteiger partial charge in [0.15, 0.2) is 5.78 Å². The fourth-order valence-electron chi connectivity index (χ4n) is 3.12. The minimum absolute atomic E-state index is 0.00893. The van der Waals surface area contributed by atoms with Gasteiger partial charge >= 0.3 is 0 Å². The first kappa shape index (κ1) is 18.7. The quantitative estimate of drug-likeness (QED) is 0.557. The predicted octanol–water partition coefficient (Wildman–Crippen LogP) is 5.13. The first-order valence-corrected chi connectivity index (χ1v) is 10.0. The van der Waals surface area contributed by atoms with Crippen molar-refractivity contribution < 1.29 is 9.36 Å². The summed E-state index contributed by atoms with van der Waals surface area (Å²) in [7, 11) is -1.99. The molecule has 2 aromatic carbocycles. The molecule has 2 unspecified atom stereocenters. The Balaban J connectivity index is 2.61. The molecule has 0 aliphatic heterocycles. The molecule has 0 bridgehead atoms. The van der Waals surface area contributed by atoms with Crippen LogP contribution in [0.3, 0.4) is 0 Å². The summed E-state index contributed by atoms with van der Waals surface area (Å²) in [5.74, 6) is -0.00893. The standard InChI is InChI=1S/C21H27O2P/c1-7-15(4)24(23)19-11-9-8-10-18(19)21(22)20-14(3)12-13(2)16(5)17(20)6/h8-12,15,24H,7H2,1-6H3. The Morgan fingerprint density at radius 1 is 1.04 bits per heavy atom. The first-order valence-electron chi connectivity index (χ1n) is 8.54. The molecule has 3 heteroatoms. The van der Waals surface area contributed by atoms with Gasteiger partial charge in [0.05, 0.1) is 0 Å². The van der Waals surface area contributed by atoms with Crippen molar-refractivity contribution in [2.75, 3.05) is 0 Å². The van der Waals surface area contributed by atoms with Crippen molar-refractivity contribution in [2.24, 2.45) is 0 Å². The van der Waals surface area contributed by atoms with Gasteiger partial charge in [-0.2, -0.15) is 0 Å². The van der Waals surface area contributed by atoms with Crippen LogP contribution in [0.1, 0.15) is 58.4 Å². The van der Waals surface area contributed by atoms with Crippen LogP contribution in [0.5, 0.6) is 0 Å². The molecule has 128 valence electrons. The molecule has 0 aliphatic rings. The molecule has 0 radical (unpaired) electrons. The van der Waals surface area contributed by atoms with E-state index in [1.54, 1.807) is 0 Å². The summed E-state index contributed by atoms with van der Waals surface area (Å²) in [5.41, 5.74) is 5.81. The molecule has 2 nitrogen and oxygen atoms in total. The van der Waals surface area contributed by atoms with Gasteiger partial charge in [-0.25, -0.2) is 0 Å². The second-order valence-corrected chi connectivity index (χ2v) is 8.94. The van der Waals surface area contributed by atoms with Crippen molar-refractivity contribution in [1.82, 2.24) is 0 Å². The van der Waals surface area contributed by atoms with E-state index in [0.717, 1.165) is 34.0 Å².